The van der Waals surface area contributed by atoms with Crippen molar-refractivity contribution in [3.05, 3.63) is 69.2 Å². The summed E-state index contributed by atoms with van der Waals surface area (Å²) in [4.78, 5) is 0. The molecule has 2 aromatic carbocycles. The molecule has 19 heavy (non-hydrogen) atoms. The van der Waals surface area contributed by atoms with Gasteiger partial charge in [0.25, 0.3) is 0 Å². The molecule has 0 aliphatic carbocycles. The molecule has 2 rings (SSSR count). The number of nitrogens with one attached hydrogen (secondary N) is 1. The van der Waals surface area contributed by atoms with Gasteiger partial charge in [-0.25, -0.2) is 0 Å². The molecule has 0 heterocycles. The average molecular weight is 339 g/mol. The summed E-state index contributed by atoms with van der Waals surface area (Å²) in [5.41, 5.74) is 2.64. The van der Waals surface area contributed by atoms with Crippen LogP contribution in [-0.2, 0) is 13.0 Å². The summed E-state index contributed by atoms with van der Waals surface area (Å²) in [6.45, 7) is 1.89. The molecule has 0 unspecified atom stereocenters. The van der Waals surface area contributed by atoms with Gasteiger partial charge in [0.1, 0.15) is 0 Å². The van der Waals surface area contributed by atoms with E-state index in [1.807, 2.05) is 12.1 Å². The third kappa shape index (κ3) is 4.98. The Bertz CT molecular complexity index is 513. The highest BCUT2D eigenvalue weighted by Gasteiger charge is 2.00. The van der Waals surface area contributed by atoms with Gasteiger partial charge in [0.15, 0.2) is 0 Å². The second-order valence-electron chi connectivity index (χ2n) is 4.50. The molecule has 0 atom stereocenters. The van der Waals surface area contributed by atoms with Crippen LogP contribution in [-0.4, -0.2) is 6.54 Å². The van der Waals surface area contributed by atoms with Crippen molar-refractivity contribution in [3.63, 3.8) is 0 Å². The molecule has 0 saturated heterocycles. The lowest BCUT2D eigenvalue weighted by Crippen LogP contribution is -2.15. The maximum atomic E-state index is 5.92. The third-order valence-corrected chi connectivity index (χ3v) is 3.97. The van der Waals surface area contributed by atoms with Crippen molar-refractivity contribution >= 4 is 27.5 Å². The van der Waals surface area contributed by atoms with Crippen LogP contribution >= 0.6 is 27.5 Å². The quantitative estimate of drug-likeness (QED) is 0.744. The van der Waals surface area contributed by atoms with Crippen LogP contribution in [0.25, 0.3) is 0 Å². The van der Waals surface area contributed by atoms with E-state index in [1.165, 1.54) is 11.1 Å². The SMILES string of the molecule is Clc1ccc(CNCCCc2ccccc2)c(Br)c1. The number of benzene rings is 2. The number of hydrogen-bond donors (Lipinski definition) is 1. The van der Waals surface area contributed by atoms with Gasteiger partial charge in [0.2, 0.25) is 0 Å². The minimum atomic E-state index is 0.764. The first-order valence-corrected chi connectivity index (χ1v) is 7.61. The summed E-state index contributed by atoms with van der Waals surface area (Å²) in [6.07, 6.45) is 2.27. The molecule has 0 aliphatic rings. The van der Waals surface area contributed by atoms with Crippen molar-refractivity contribution in [1.29, 1.82) is 0 Å². The summed E-state index contributed by atoms with van der Waals surface area (Å²) in [6, 6.07) is 16.5. The summed E-state index contributed by atoms with van der Waals surface area (Å²) < 4.78 is 1.07. The van der Waals surface area contributed by atoms with Gasteiger partial charge < -0.3 is 5.32 Å². The Morgan fingerprint density at radius 3 is 2.58 bits per heavy atom. The molecule has 0 radical (unpaired) electrons. The highest BCUT2D eigenvalue weighted by atomic mass is 79.9. The van der Waals surface area contributed by atoms with E-state index in [2.05, 4.69) is 57.6 Å². The zero-order valence-electron chi connectivity index (χ0n) is 10.7. The Morgan fingerprint density at radius 1 is 1.05 bits per heavy atom. The Hall–Kier alpha value is -0.830. The van der Waals surface area contributed by atoms with Crippen LogP contribution in [0.3, 0.4) is 0 Å². The number of aryl methyl sites for hydroxylation is 1. The highest BCUT2D eigenvalue weighted by Crippen LogP contribution is 2.21. The van der Waals surface area contributed by atoms with Crippen molar-refractivity contribution in [2.45, 2.75) is 19.4 Å². The molecule has 1 nitrogen and oxygen atoms in total. The fourth-order valence-electron chi connectivity index (χ4n) is 1.95. The van der Waals surface area contributed by atoms with Gasteiger partial charge in [0.05, 0.1) is 0 Å². The normalized spacial score (nSPS) is 10.6. The zero-order valence-corrected chi connectivity index (χ0v) is 13.0. The Kier molecular flexibility index (Phi) is 5.90. The van der Waals surface area contributed by atoms with Crippen LogP contribution in [0.5, 0.6) is 0 Å². The molecule has 0 aliphatic heterocycles. The molecule has 0 amide bonds. The molecular weight excluding hydrogens is 322 g/mol. The lowest BCUT2D eigenvalue weighted by atomic mass is 10.1. The molecule has 3 heteroatoms. The van der Waals surface area contributed by atoms with Gasteiger partial charge in [-0.3, -0.25) is 0 Å². The van der Waals surface area contributed by atoms with E-state index < -0.39 is 0 Å². The van der Waals surface area contributed by atoms with Crippen LogP contribution in [0, 0.1) is 0 Å². The van der Waals surface area contributed by atoms with E-state index in [0.29, 0.717) is 0 Å². The maximum absolute atomic E-state index is 5.92. The van der Waals surface area contributed by atoms with Crippen LogP contribution in [0.2, 0.25) is 5.02 Å². The fourth-order valence-corrected chi connectivity index (χ4v) is 2.77. The van der Waals surface area contributed by atoms with Gasteiger partial charge in [-0.05, 0) is 42.6 Å². The molecule has 0 bridgehead atoms. The van der Waals surface area contributed by atoms with E-state index in [-0.39, 0.29) is 0 Å². The average Bonchev–Trinajstić information content (AvgIpc) is 2.42. The van der Waals surface area contributed by atoms with Crippen molar-refractivity contribution in [3.8, 4) is 0 Å². The molecule has 1 N–H and O–H groups in total. The van der Waals surface area contributed by atoms with Crippen molar-refractivity contribution < 1.29 is 0 Å². The Balaban J connectivity index is 1.69. The standard InChI is InChI=1S/C16H17BrClN/c17-16-11-15(18)9-8-14(16)12-19-10-4-7-13-5-2-1-3-6-13/h1-3,5-6,8-9,11,19H,4,7,10,12H2. The summed E-state index contributed by atoms with van der Waals surface area (Å²) >= 11 is 9.45. The number of rotatable bonds is 6. The molecule has 0 spiro atoms. The van der Waals surface area contributed by atoms with Crippen LogP contribution < -0.4 is 5.32 Å². The first-order valence-electron chi connectivity index (χ1n) is 6.44. The predicted molar refractivity (Wildman–Crippen MR) is 85.6 cm³/mol. The van der Waals surface area contributed by atoms with E-state index in [0.717, 1.165) is 35.4 Å². The molecule has 0 saturated carbocycles. The third-order valence-electron chi connectivity index (χ3n) is 2.99. The van der Waals surface area contributed by atoms with Crippen LogP contribution in [0.1, 0.15) is 17.5 Å². The van der Waals surface area contributed by atoms with Crippen LogP contribution in [0.15, 0.2) is 53.0 Å². The summed E-state index contributed by atoms with van der Waals surface area (Å²) in [7, 11) is 0. The predicted octanol–water partition coefficient (Wildman–Crippen LogP) is 4.82. The van der Waals surface area contributed by atoms with E-state index in [1.54, 1.807) is 0 Å². The second-order valence-corrected chi connectivity index (χ2v) is 5.79. The molecule has 100 valence electrons. The van der Waals surface area contributed by atoms with Gasteiger partial charge >= 0.3 is 0 Å². The van der Waals surface area contributed by atoms with Crippen molar-refractivity contribution in [1.82, 2.24) is 5.32 Å². The van der Waals surface area contributed by atoms with Gasteiger partial charge in [-0.2, -0.15) is 0 Å². The summed E-state index contributed by atoms with van der Waals surface area (Å²) in [5.74, 6) is 0. The Morgan fingerprint density at radius 2 is 1.84 bits per heavy atom. The fraction of sp³-hybridized carbons (Fsp3) is 0.250. The zero-order chi connectivity index (χ0) is 13.5. The molecule has 2 aromatic rings. The van der Waals surface area contributed by atoms with Crippen molar-refractivity contribution in [2.24, 2.45) is 0 Å². The maximum Gasteiger partial charge on any atom is 0.0417 e. The first kappa shape index (κ1) is 14.6. The van der Waals surface area contributed by atoms with Gasteiger partial charge in [-0.15, -0.1) is 0 Å². The second kappa shape index (κ2) is 7.68. The smallest absolute Gasteiger partial charge is 0.0417 e. The van der Waals surface area contributed by atoms with Gasteiger partial charge in [-0.1, -0.05) is 63.9 Å². The van der Waals surface area contributed by atoms with Gasteiger partial charge in [0, 0.05) is 16.0 Å². The largest absolute Gasteiger partial charge is 0.313 e. The van der Waals surface area contributed by atoms with Crippen LogP contribution in [0.4, 0.5) is 0 Å². The summed E-state index contributed by atoms with van der Waals surface area (Å²) in [5, 5.41) is 4.22. The number of hydrogen-bond acceptors (Lipinski definition) is 1. The first-order chi connectivity index (χ1) is 9.25. The minimum Gasteiger partial charge on any atom is -0.313 e. The topological polar surface area (TPSA) is 12.0 Å². The highest BCUT2D eigenvalue weighted by molar-refractivity contribution is 9.10. The lowest BCUT2D eigenvalue weighted by molar-refractivity contribution is 0.648. The molecule has 0 fully saturated rings. The minimum absolute atomic E-state index is 0.764. The number of halogens is 2. The lowest BCUT2D eigenvalue weighted by Gasteiger charge is -2.07. The Labute approximate surface area is 128 Å². The van der Waals surface area contributed by atoms with E-state index in [9.17, 15) is 0 Å². The monoisotopic (exact) mass is 337 g/mol. The molecular formula is C16H17BrClN. The van der Waals surface area contributed by atoms with E-state index >= 15 is 0 Å². The van der Waals surface area contributed by atoms with Crippen molar-refractivity contribution in [2.75, 3.05) is 6.54 Å². The van der Waals surface area contributed by atoms with E-state index in [4.69, 9.17) is 11.6 Å². The molecule has 0 aromatic heterocycles.